The van der Waals surface area contributed by atoms with Gasteiger partial charge in [-0.1, -0.05) is 0 Å². The Morgan fingerprint density at radius 1 is 0.643 bits per heavy atom. The lowest BCUT2D eigenvalue weighted by Crippen LogP contribution is -2.21. The first kappa shape index (κ1) is 13.8. The molecule has 0 unspecified atom stereocenters. The Morgan fingerprint density at radius 2 is 1.07 bits per heavy atom. The normalized spacial score (nSPS) is 11.1. The Labute approximate surface area is 86.1 Å². The largest absolute Gasteiger partial charge is 0.396 e. The number of unbranched alkanes of at least 4 members (excludes halogenated alkanes) is 4. The lowest BCUT2D eigenvalue weighted by atomic mass is 10.2. The van der Waals surface area contributed by atoms with Crippen LogP contribution in [0.4, 0.5) is 0 Å². The number of rotatable bonds is 10. The van der Waals surface area contributed by atoms with Gasteiger partial charge < -0.3 is 15.4 Å². The van der Waals surface area contributed by atoms with Crippen molar-refractivity contribution in [1.82, 2.24) is 5.06 Å². The first-order chi connectivity index (χ1) is 6.81. The van der Waals surface area contributed by atoms with E-state index in [1.165, 1.54) is 5.06 Å². The zero-order chi connectivity index (χ0) is 10.6. The smallest absolute Gasteiger partial charge is 0.0431 e. The standard InChI is InChI=1S/C10H23NO3/c12-9-5-1-3-7-11(14)8-4-2-6-10-13/h12-14H,1-10H2. The maximum Gasteiger partial charge on any atom is 0.0431 e. The van der Waals surface area contributed by atoms with E-state index in [1.54, 1.807) is 0 Å². The van der Waals surface area contributed by atoms with Gasteiger partial charge in [0.2, 0.25) is 0 Å². The highest BCUT2D eigenvalue weighted by Crippen LogP contribution is 2.00. The molecule has 0 saturated carbocycles. The van der Waals surface area contributed by atoms with E-state index in [1.807, 2.05) is 0 Å². The van der Waals surface area contributed by atoms with Crippen LogP contribution in [-0.2, 0) is 0 Å². The number of aliphatic hydroxyl groups excluding tert-OH is 2. The van der Waals surface area contributed by atoms with Crippen LogP contribution >= 0.6 is 0 Å². The summed E-state index contributed by atoms with van der Waals surface area (Å²) in [5.41, 5.74) is 0. The highest BCUT2D eigenvalue weighted by atomic mass is 16.5. The molecule has 0 radical (unpaired) electrons. The summed E-state index contributed by atoms with van der Waals surface area (Å²) in [5.74, 6) is 0. The van der Waals surface area contributed by atoms with Crippen LogP contribution in [0.2, 0.25) is 0 Å². The zero-order valence-corrected chi connectivity index (χ0v) is 8.86. The molecule has 0 rings (SSSR count). The molecular formula is C10H23NO3. The van der Waals surface area contributed by atoms with Crippen molar-refractivity contribution in [2.24, 2.45) is 0 Å². The maximum atomic E-state index is 9.36. The van der Waals surface area contributed by atoms with Crippen molar-refractivity contribution in [3.8, 4) is 0 Å². The zero-order valence-electron chi connectivity index (χ0n) is 8.86. The summed E-state index contributed by atoms with van der Waals surface area (Å²) in [5, 5.41) is 27.7. The van der Waals surface area contributed by atoms with Gasteiger partial charge in [-0.3, -0.25) is 0 Å². The van der Waals surface area contributed by atoms with E-state index in [0.29, 0.717) is 13.1 Å². The molecule has 0 fully saturated rings. The summed E-state index contributed by atoms with van der Waals surface area (Å²) in [6.07, 6.45) is 5.42. The van der Waals surface area contributed by atoms with E-state index in [9.17, 15) is 5.21 Å². The number of aliphatic hydroxyl groups is 2. The van der Waals surface area contributed by atoms with Crippen LogP contribution in [0.15, 0.2) is 0 Å². The average Bonchev–Trinajstić information content (AvgIpc) is 2.19. The van der Waals surface area contributed by atoms with E-state index in [-0.39, 0.29) is 13.2 Å². The molecule has 0 aromatic rings. The van der Waals surface area contributed by atoms with Crippen LogP contribution in [0.25, 0.3) is 0 Å². The minimum absolute atomic E-state index is 0.238. The van der Waals surface area contributed by atoms with Gasteiger partial charge in [0.05, 0.1) is 0 Å². The van der Waals surface area contributed by atoms with E-state index >= 15 is 0 Å². The van der Waals surface area contributed by atoms with Gasteiger partial charge in [0.15, 0.2) is 0 Å². The molecule has 14 heavy (non-hydrogen) atoms. The molecule has 0 atom stereocenters. The molecule has 0 aromatic heterocycles. The minimum atomic E-state index is 0.238. The molecule has 4 nitrogen and oxygen atoms in total. The molecule has 4 heteroatoms. The lowest BCUT2D eigenvalue weighted by molar-refractivity contribution is -0.0926. The summed E-state index contributed by atoms with van der Waals surface area (Å²) in [6, 6.07) is 0. The molecule has 0 saturated heterocycles. The van der Waals surface area contributed by atoms with Crippen molar-refractivity contribution in [3.63, 3.8) is 0 Å². The fraction of sp³-hybridized carbons (Fsp3) is 1.00. The molecule has 0 bridgehead atoms. The number of hydrogen-bond acceptors (Lipinski definition) is 4. The highest BCUT2D eigenvalue weighted by Gasteiger charge is 1.99. The Kier molecular flexibility index (Phi) is 10.8. The van der Waals surface area contributed by atoms with Crippen LogP contribution in [0.1, 0.15) is 38.5 Å². The Bertz CT molecular complexity index is 99.5. The average molecular weight is 205 g/mol. The first-order valence-corrected chi connectivity index (χ1v) is 5.46. The molecule has 0 aromatic carbocycles. The monoisotopic (exact) mass is 205 g/mol. The van der Waals surface area contributed by atoms with Crippen molar-refractivity contribution >= 4 is 0 Å². The van der Waals surface area contributed by atoms with Crippen molar-refractivity contribution in [3.05, 3.63) is 0 Å². The molecule has 0 aliphatic carbocycles. The maximum absolute atomic E-state index is 9.36. The van der Waals surface area contributed by atoms with Crippen molar-refractivity contribution in [2.75, 3.05) is 26.3 Å². The fourth-order valence-electron chi connectivity index (χ4n) is 1.28. The first-order valence-electron chi connectivity index (χ1n) is 5.46. The van der Waals surface area contributed by atoms with Crippen LogP contribution in [0.3, 0.4) is 0 Å². The summed E-state index contributed by atoms with van der Waals surface area (Å²) >= 11 is 0. The summed E-state index contributed by atoms with van der Waals surface area (Å²) in [4.78, 5) is 0. The van der Waals surface area contributed by atoms with Crippen LogP contribution in [0, 0.1) is 0 Å². The Morgan fingerprint density at radius 3 is 1.43 bits per heavy atom. The van der Waals surface area contributed by atoms with Gasteiger partial charge in [-0.05, 0) is 38.5 Å². The molecule has 86 valence electrons. The van der Waals surface area contributed by atoms with Crippen molar-refractivity contribution in [2.45, 2.75) is 38.5 Å². The Hall–Kier alpha value is -0.160. The van der Waals surface area contributed by atoms with Gasteiger partial charge in [-0.2, -0.15) is 5.06 Å². The highest BCUT2D eigenvalue weighted by molar-refractivity contribution is 4.49. The SMILES string of the molecule is OCCCCCN(O)CCCCCO. The van der Waals surface area contributed by atoms with Gasteiger partial charge in [0.25, 0.3) is 0 Å². The molecule has 0 aliphatic rings. The van der Waals surface area contributed by atoms with Gasteiger partial charge in [-0.15, -0.1) is 0 Å². The van der Waals surface area contributed by atoms with E-state index in [0.717, 1.165) is 38.5 Å². The van der Waals surface area contributed by atoms with Crippen molar-refractivity contribution in [1.29, 1.82) is 0 Å². The summed E-state index contributed by atoms with van der Waals surface area (Å²) < 4.78 is 0. The summed E-state index contributed by atoms with van der Waals surface area (Å²) in [6.45, 7) is 1.84. The molecule has 0 aliphatic heterocycles. The van der Waals surface area contributed by atoms with E-state index in [4.69, 9.17) is 10.2 Å². The van der Waals surface area contributed by atoms with Crippen LogP contribution in [-0.4, -0.2) is 46.8 Å². The van der Waals surface area contributed by atoms with Crippen LogP contribution < -0.4 is 0 Å². The molecule has 0 spiro atoms. The molecule has 3 N–H and O–H groups in total. The Balaban J connectivity index is 3.07. The second-order valence-corrected chi connectivity index (χ2v) is 3.52. The lowest BCUT2D eigenvalue weighted by Gasteiger charge is -2.13. The quantitative estimate of drug-likeness (QED) is 0.368. The van der Waals surface area contributed by atoms with E-state index in [2.05, 4.69) is 0 Å². The fourth-order valence-corrected chi connectivity index (χ4v) is 1.28. The van der Waals surface area contributed by atoms with Gasteiger partial charge in [-0.25, -0.2) is 0 Å². The summed E-state index contributed by atoms with van der Waals surface area (Å²) in [7, 11) is 0. The molecular weight excluding hydrogens is 182 g/mol. The van der Waals surface area contributed by atoms with E-state index < -0.39 is 0 Å². The third kappa shape index (κ3) is 9.92. The van der Waals surface area contributed by atoms with Gasteiger partial charge >= 0.3 is 0 Å². The second-order valence-electron chi connectivity index (χ2n) is 3.52. The van der Waals surface area contributed by atoms with Crippen LogP contribution in [0.5, 0.6) is 0 Å². The molecule has 0 heterocycles. The predicted octanol–water partition coefficient (Wildman–Crippen LogP) is 1.00. The number of hydrogen-bond donors (Lipinski definition) is 3. The van der Waals surface area contributed by atoms with Gasteiger partial charge in [0, 0.05) is 26.3 Å². The third-order valence-corrected chi connectivity index (χ3v) is 2.15. The molecule has 0 amide bonds. The van der Waals surface area contributed by atoms with Gasteiger partial charge in [0.1, 0.15) is 0 Å². The number of hydroxylamine groups is 2. The minimum Gasteiger partial charge on any atom is -0.396 e. The third-order valence-electron chi connectivity index (χ3n) is 2.15. The second kappa shape index (κ2) is 10.9. The van der Waals surface area contributed by atoms with Crippen molar-refractivity contribution < 1.29 is 15.4 Å². The number of nitrogens with zero attached hydrogens (tertiary/aromatic N) is 1. The topological polar surface area (TPSA) is 63.9 Å². The predicted molar refractivity (Wildman–Crippen MR) is 55.2 cm³/mol.